The predicted molar refractivity (Wildman–Crippen MR) is 131 cm³/mol. The SMILES string of the molecule is CCCN(CC)C(=O)N1CCN(C2CC(CN)(n3cc(-c4ncnc5[nH]ccc45)cn3)C2)CC1. The van der Waals surface area contributed by atoms with E-state index in [2.05, 4.69) is 39.9 Å². The van der Waals surface area contributed by atoms with E-state index >= 15 is 0 Å². The molecule has 3 aromatic rings. The smallest absolute Gasteiger partial charge is 0.320 e. The number of nitrogens with two attached hydrogens (primary N) is 1. The third kappa shape index (κ3) is 3.94. The Morgan fingerprint density at radius 2 is 2.03 bits per heavy atom. The van der Waals surface area contributed by atoms with Gasteiger partial charge in [-0.1, -0.05) is 6.92 Å². The van der Waals surface area contributed by atoms with Gasteiger partial charge < -0.3 is 20.5 Å². The summed E-state index contributed by atoms with van der Waals surface area (Å²) < 4.78 is 2.04. The molecule has 1 saturated heterocycles. The van der Waals surface area contributed by atoms with Gasteiger partial charge in [0.25, 0.3) is 0 Å². The van der Waals surface area contributed by atoms with Crippen LogP contribution >= 0.6 is 0 Å². The van der Waals surface area contributed by atoms with E-state index in [1.807, 2.05) is 32.9 Å². The van der Waals surface area contributed by atoms with Crippen molar-refractivity contribution in [3.8, 4) is 11.3 Å². The van der Waals surface area contributed by atoms with Gasteiger partial charge in [-0.15, -0.1) is 0 Å². The molecule has 0 radical (unpaired) electrons. The zero-order valence-corrected chi connectivity index (χ0v) is 20.2. The summed E-state index contributed by atoms with van der Waals surface area (Å²) >= 11 is 0. The Morgan fingerprint density at radius 3 is 2.74 bits per heavy atom. The van der Waals surface area contributed by atoms with E-state index in [1.165, 1.54) is 0 Å². The normalized spacial score (nSPS) is 23.3. The lowest BCUT2D eigenvalue weighted by molar-refractivity contribution is -0.0122. The van der Waals surface area contributed by atoms with E-state index in [-0.39, 0.29) is 11.6 Å². The molecule has 182 valence electrons. The Morgan fingerprint density at radius 1 is 1.24 bits per heavy atom. The molecular weight excluding hydrogens is 430 g/mol. The summed E-state index contributed by atoms with van der Waals surface area (Å²) in [5.74, 6) is 0. The Bertz CT molecular complexity index is 1120. The van der Waals surface area contributed by atoms with Crippen LogP contribution in [0.2, 0.25) is 0 Å². The van der Waals surface area contributed by atoms with Crippen LogP contribution in [0.15, 0.2) is 31.0 Å². The van der Waals surface area contributed by atoms with Gasteiger partial charge in [0, 0.05) is 75.2 Å². The van der Waals surface area contributed by atoms with Crippen molar-refractivity contribution in [3.63, 3.8) is 0 Å². The fraction of sp³-hybridized carbons (Fsp3) is 0.583. The van der Waals surface area contributed by atoms with Crippen molar-refractivity contribution < 1.29 is 4.79 Å². The number of amides is 2. The Labute approximate surface area is 200 Å². The molecule has 0 spiro atoms. The third-order valence-electron chi connectivity index (χ3n) is 7.55. The number of nitrogens with zero attached hydrogens (tertiary/aromatic N) is 7. The topological polar surface area (TPSA) is 112 Å². The fourth-order valence-corrected chi connectivity index (χ4v) is 5.47. The Hall–Kier alpha value is -2.98. The molecule has 3 aromatic heterocycles. The summed E-state index contributed by atoms with van der Waals surface area (Å²) in [4.78, 5) is 31.2. The molecule has 1 saturated carbocycles. The van der Waals surface area contributed by atoms with Crippen LogP contribution in [0.1, 0.15) is 33.1 Å². The van der Waals surface area contributed by atoms with Crippen LogP contribution in [-0.2, 0) is 5.54 Å². The average molecular weight is 466 g/mol. The number of carbonyl (C=O) groups excluding carboxylic acids is 1. The van der Waals surface area contributed by atoms with Crippen molar-refractivity contribution in [1.29, 1.82) is 0 Å². The predicted octanol–water partition coefficient (Wildman–Crippen LogP) is 2.11. The van der Waals surface area contributed by atoms with Crippen LogP contribution in [0, 0.1) is 0 Å². The molecular formula is C24H35N9O. The highest BCUT2D eigenvalue weighted by Crippen LogP contribution is 2.42. The quantitative estimate of drug-likeness (QED) is 0.553. The molecule has 1 aliphatic heterocycles. The molecule has 0 unspecified atom stereocenters. The van der Waals surface area contributed by atoms with Crippen molar-refractivity contribution in [1.82, 2.24) is 39.4 Å². The molecule has 5 rings (SSSR count). The monoisotopic (exact) mass is 465 g/mol. The van der Waals surface area contributed by atoms with Crippen molar-refractivity contribution in [2.45, 2.75) is 44.7 Å². The van der Waals surface area contributed by atoms with E-state index in [1.54, 1.807) is 6.33 Å². The van der Waals surface area contributed by atoms with E-state index in [4.69, 9.17) is 10.8 Å². The zero-order chi connectivity index (χ0) is 23.7. The van der Waals surface area contributed by atoms with Gasteiger partial charge in [0.05, 0.1) is 17.4 Å². The highest BCUT2D eigenvalue weighted by atomic mass is 16.2. The fourth-order valence-electron chi connectivity index (χ4n) is 5.47. The number of urea groups is 1. The van der Waals surface area contributed by atoms with Gasteiger partial charge in [-0.2, -0.15) is 5.10 Å². The summed E-state index contributed by atoms with van der Waals surface area (Å²) in [6, 6.07) is 2.65. The van der Waals surface area contributed by atoms with Gasteiger partial charge in [0.15, 0.2) is 0 Å². The number of piperazine rings is 1. The summed E-state index contributed by atoms with van der Waals surface area (Å²) in [7, 11) is 0. The largest absolute Gasteiger partial charge is 0.346 e. The molecule has 2 amide bonds. The lowest BCUT2D eigenvalue weighted by Gasteiger charge is -2.53. The first-order valence-electron chi connectivity index (χ1n) is 12.4. The van der Waals surface area contributed by atoms with Crippen molar-refractivity contribution in [2.24, 2.45) is 5.73 Å². The Balaban J connectivity index is 1.22. The molecule has 10 nitrogen and oxygen atoms in total. The minimum Gasteiger partial charge on any atom is -0.346 e. The number of aromatic amines is 1. The first-order chi connectivity index (χ1) is 16.6. The van der Waals surface area contributed by atoms with Gasteiger partial charge in [0.1, 0.15) is 12.0 Å². The van der Waals surface area contributed by atoms with Crippen LogP contribution in [0.25, 0.3) is 22.3 Å². The number of fused-ring (bicyclic) bond motifs is 1. The number of rotatable bonds is 7. The average Bonchev–Trinajstić information content (AvgIpc) is 3.52. The van der Waals surface area contributed by atoms with E-state index < -0.39 is 0 Å². The summed E-state index contributed by atoms with van der Waals surface area (Å²) in [6.07, 6.45) is 10.3. The van der Waals surface area contributed by atoms with Gasteiger partial charge in [0.2, 0.25) is 0 Å². The highest BCUT2D eigenvalue weighted by molar-refractivity contribution is 5.90. The van der Waals surface area contributed by atoms with Crippen molar-refractivity contribution >= 4 is 17.1 Å². The second-order valence-electron chi connectivity index (χ2n) is 9.51. The van der Waals surface area contributed by atoms with E-state index in [9.17, 15) is 4.79 Å². The van der Waals surface area contributed by atoms with Crippen LogP contribution in [0.3, 0.4) is 0 Å². The Kier molecular flexibility index (Phi) is 6.26. The summed E-state index contributed by atoms with van der Waals surface area (Å²) in [6.45, 7) is 9.72. The van der Waals surface area contributed by atoms with Crippen LogP contribution in [0.4, 0.5) is 4.79 Å². The number of aromatic nitrogens is 5. The van der Waals surface area contributed by atoms with Gasteiger partial charge >= 0.3 is 6.03 Å². The lowest BCUT2D eigenvalue weighted by Crippen LogP contribution is -2.63. The number of hydrogen-bond donors (Lipinski definition) is 2. The number of H-pyrrole nitrogens is 1. The van der Waals surface area contributed by atoms with Gasteiger partial charge in [-0.05, 0) is 32.3 Å². The molecule has 0 aromatic carbocycles. The maximum absolute atomic E-state index is 12.8. The molecule has 4 heterocycles. The number of carbonyl (C=O) groups is 1. The van der Waals surface area contributed by atoms with Gasteiger partial charge in [-0.3, -0.25) is 9.58 Å². The first-order valence-corrected chi connectivity index (χ1v) is 12.4. The van der Waals surface area contributed by atoms with Gasteiger partial charge in [-0.25, -0.2) is 14.8 Å². The van der Waals surface area contributed by atoms with E-state index in [0.29, 0.717) is 12.6 Å². The molecule has 2 aliphatic rings. The number of nitrogens with one attached hydrogen (secondary N) is 1. The summed E-state index contributed by atoms with van der Waals surface area (Å²) in [5, 5.41) is 5.69. The molecule has 34 heavy (non-hydrogen) atoms. The molecule has 10 heteroatoms. The van der Waals surface area contributed by atoms with E-state index in [0.717, 1.165) is 80.8 Å². The second-order valence-corrected chi connectivity index (χ2v) is 9.51. The maximum atomic E-state index is 12.8. The highest BCUT2D eigenvalue weighted by Gasteiger charge is 2.48. The third-order valence-corrected chi connectivity index (χ3v) is 7.55. The maximum Gasteiger partial charge on any atom is 0.320 e. The van der Waals surface area contributed by atoms with Crippen molar-refractivity contribution in [3.05, 3.63) is 31.0 Å². The van der Waals surface area contributed by atoms with Crippen LogP contribution in [-0.4, -0.2) is 97.3 Å². The van der Waals surface area contributed by atoms with Crippen molar-refractivity contribution in [2.75, 3.05) is 45.8 Å². The standard InChI is InChI=1S/C24H35N9O/c1-3-7-30(4-2)23(34)32-10-8-31(9-11-32)19-12-24(13-19,16-25)33-15-18(14-29-33)21-20-5-6-26-22(20)28-17-27-21/h5-6,14-15,17,19H,3-4,7-13,16,25H2,1-2H3,(H,26,27,28). The first kappa shape index (κ1) is 22.8. The minimum atomic E-state index is -0.166. The lowest BCUT2D eigenvalue weighted by atomic mass is 9.71. The summed E-state index contributed by atoms with van der Waals surface area (Å²) in [5.41, 5.74) is 8.80. The molecule has 1 aliphatic carbocycles. The molecule has 0 bridgehead atoms. The zero-order valence-electron chi connectivity index (χ0n) is 20.2. The van der Waals surface area contributed by atoms with Crippen LogP contribution in [0.5, 0.6) is 0 Å². The molecule has 3 N–H and O–H groups in total. The van der Waals surface area contributed by atoms with Crippen LogP contribution < -0.4 is 5.73 Å². The minimum absolute atomic E-state index is 0.166. The number of hydrogen-bond acceptors (Lipinski definition) is 6. The second kappa shape index (κ2) is 9.34. The molecule has 2 fully saturated rings. The molecule has 0 atom stereocenters.